The molecule has 0 radical (unpaired) electrons. The lowest BCUT2D eigenvalue weighted by atomic mass is 10.1. The predicted molar refractivity (Wildman–Crippen MR) is 234 cm³/mol. The fraction of sp³-hybridized carbons (Fsp3) is 0.150. The number of hydrogen-bond donors (Lipinski definition) is 3. The molecule has 60 heavy (non-hydrogen) atoms. The highest BCUT2D eigenvalue weighted by atomic mass is 35.5. The Kier molecular flexibility index (Phi) is 13.3. The summed E-state index contributed by atoms with van der Waals surface area (Å²) in [7, 11) is -3.84. The van der Waals surface area contributed by atoms with Crippen molar-refractivity contribution in [2.24, 2.45) is 8.80 Å². The third kappa shape index (κ3) is 10.5. The summed E-state index contributed by atoms with van der Waals surface area (Å²) in [4.78, 5) is 36.7. The average Bonchev–Trinajstić information content (AvgIpc) is 3.18. The fourth-order valence-electron chi connectivity index (χ4n) is 6.02. The molecule has 3 N–H and O–H groups in total. The summed E-state index contributed by atoms with van der Waals surface area (Å²) < 4.78 is 61.5. The second-order valence-corrected chi connectivity index (χ2v) is 18.0. The van der Waals surface area contributed by atoms with Crippen LogP contribution in [0.25, 0.3) is 21.5 Å². The van der Waals surface area contributed by atoms with E-state index in [0.717, 1.165) is 12.7 Å². The van der Waals surface area contributed by atoms with Crippen molar-refractivity contribution in [3.8, 4) is 5.88 Å². The van der Waals surface area contributed by atoms with Crippen LogP contribution < -0.4 is 10.6 Å². The first-order chi connectivity index (χ1) is 28.4. The van der Waals surface area contributed by atoms with Crippen LogP contribution in [0.3, 0.4) is 0 Å². The maximum atomic E-state index is 13.7. The number of amides is 2. The molecule has 0 aliphatic heterocycles. The number of sulfonamides is 2. The number of rotatable bonds is 14. The zero-order valence-corrected chi connectivity index (χ0v) is 35.9. The van der Waals surface area contributed by atoms with Crippen LogP contribution in [0.2, 0.25) is 15.2 Å². The first-order valence-electron chi connectivity index (χ1n) is 17.7. The quantitative estimate of drug-likeness (QED) is 0.0580. The molecular formula is C40H35Cl3N8O7S2. The zero-order valence-electron chi connectivity index (χ0n) is 32.0. The van der Waals surface area contributed by atoms with E-state index in [0.29, 0.717) is 21.7 Å². The number of benzene rings is 4. The van der Waals surface area contributed by atoms with Crippen LogP contribution in [0, 0.1) is 0 Å². The standard InChI is InChI=1S/C40H35Cl3N8O7S2/c1-50(2)22-46-59(55,56)36-20-28(18-32-30(36)11-13-45-40(32)54)49-38(53)16-26-14-24(8-9-34(26)42)21-51(3)23-47-60(57,58)35-19-27(17-31-29(35)10-12-44-39(31)43)48-37(52)15-25-6-4-5-7-33(25)41/h4-14,17-20,22-23H,15-16,21H2,1-3H3,(H,45,54)(H,48,52)(H,49,53)/b46-22+,47-23+. The van der Waals surface area contributed by atoms with E-state index in [-0.39, 0.29) is 72.3 Å². The molecule has 2 amide bonds. The van der Waals surface area contributed by atoms with Gasteiger partial charge in [-0.05, 0) is 65.2 Å². The molecule has 0 bridgehead atoms. The number of fused-ring (bicyclic) bond motifs is 2. The Morgan fingerprint density at radius 1 is 0.683 bits per heavy atom. The van der Waals surface area contributed by atoms with E-state index in [1.54, 1.807) is 63.6 Å². The largest absolute Gasteiger partial charge is 0.493 e. The second kappa shape index (κ2) is 18.2. The Balaban J connectivity index is 1.18. The van der Waals surface area contributed by atoms with Crippen molar-refractivity contribution in [2.75, 3.05) is 31.8 Å². The summed E-state index contributed by atoms with van der Waals surface area (Å²) in [6.45, 7) is 0.144. The lowest BCUT2D eigenvalue weighted by Gasteiger charge is -2.15. The Hall–Kier alpha value is -5.85. The maximum Gasteiger partial charge on any atom is 0.284 e. The molecule has 0 aliphatic rings. The summed E-state index contributed by atoms with van der Waals surface area (Å²) in [5.41, 5.74) is 1.88. The minimum Gasteiger partial charge on any atom is -0.493 e. The van der Waals surface area contributed by atoms with Gasteiger partial charge in [0.1, 0.15) is 17.8 Å². The number of halogens is 3. The summed E-state index contributed by atoms with van der Waals surface area (Å²) in [6, 6.07) is 20.2. The van der Waals surface area contributed by atoms with Crippen LogP contribution in [0.1, 0.15) is 16.7 Å². The van der Waals surface area contributed by atoms with E-state index in [1.165, 1.54) is 58.6 Å². The van der Waals surface area contributed by atoms with Gasteiger partial charge < -0.3 is 25.5 Å². The lowest BCUT2D eigenvalue weighted by molar-refractivity contribution is -0.116. The summed E-state index contributed by atoms with van der Waals surface area (Å²) in [5, 5.41) is 17.3. The van der Waals surface area contributed by atoms with Crippen LogP contribution in [-0.4, -0.2) is 87.3 Å². The minimum atomic E-state index is -4.38. The number of nitrogens with zero attached hydrogens (tertiary/aromatic N) is 6. The molecule has 310 valence electrons. The molecule has 0 spiro atoms. The summed E-state index contributed by atoms with van der Waals surface area (Å²) in [6.07, 6.45) is 4.58. The summed E-state index contributed by atoms with van der Waals surface area (Å²) >= 11 is 19.1. The van der Waals surface area contributed by atoms with Gasteiger partial charge in [0.15, 0.2) is 0 Å². The molecule has 6 aromatic rings. The molecule has 6 rings (SSSR count). The highest BCUT2D eigenvalue weighted by Gasteiger charge is 2.22. The fourth-order valence-corrected chi connectivity index (χ4v) is 8.91. The van der Waals surface area contributed by atoms with Gasteiger partial charge in [-0.15, -0.1) is 8.80 Å². The van der Waals surface area contributed by atoms with Gasteiger partial charge in [-0.25, -0.2) is 9.97 Å². The van der Waals surface area contributed by atoms with Gasteiger partial charge in [0.2, 0.25) is 17.7 Å². The van der Waals surface area contributed by atoms with Crippen molar-refractivity contribution in [3.63, 3.8) is 0 Å². The van der Waals surface area contributed by atoms with Gasteiger partial charge in [-0.3, -0.25) is 9.59 Å². The molecule has 2 aromatic heterocycles. The van der Waals surface area contributed by atoms with Crippen LogP contribution in [0.5, 0.6) is 5.88 Å². The van der Waals surface area contributed by atoms with E-state index in [9.17, 15) is 31.5 Å². The highest BCUT2D eigenvalue weighted by molar-refractivity contribution is 7.90. The molecule has 0 atom stereocenters. The number of carbonyl (C=O) groups is 2. The van der Waals surface area contributed by atoms with Crippen molar-refractivity contribution in [1.29, 1.82) is 0 Å². The van der Waals surface area contributed by atoms with Crippen LogP contribution in [0.4, 0.5) is 11.4 Å². The van der Waals surface area contributed by atoms with E-state index < -0.39 is 37.7 Å². The van der Waals surface area contributed by atoms with Crippen LogP contribution in [-0.2, 0) is 49.0 Å². The van der Waals surface area contributed by atoms with Crippen LogP contribution >= 0.6 is 34.8 Å². The molecule has 0 fully saturated rings. The Labute approximate surface area is 360 Å². The highest BCUT2D eigenvalue weighted by Crippen LogP contribution is 2.34. The van der Waals surface area contributed by atoms with E-state index in [1.807, 2.05) is 0 Å². The number of aromatic nitrogens is 2. The van der Waals surface area contributed by atoms with Crippen molar-refractivity contribution >= 4 is 112 Å². The Morgan fingerprint density at radius 3 is 1.87 bits per heavy atom. The number of hydrogen-bond acceptors (Lipinski definition) is 9. The van der Waals surface area contributed by atoms with Crippen LogP contribution in [0.15, 0.2) is 110 Å². The molecular weight excluding hydrogens is 875 g/mol. The molecule has 20 heteroatoms. The van der Waals surface area contributed by atoms with Crippen molar-refractivity contribution in [1.82, 2.24) is 19.8 Å². The monoisotopic (exact) mass is 908 g/mol. The lowest BCUT2D eigenvalue weighted by Crippen LogP contribution is -2.18. The van der Waals surface area contributed by atoms with Crippen molar-refractivity contribution in [2.45, 2.75) is 29.2 Å². The third-order valence-electron chi connectivity index (χ3n) is 8.74. The van der Waals surface area contributed by atoms with E-state index in [4.69, 9.17) is 34.8 Å². The number of carbonyl (C=O) groups excluding carboxylic acids is 2. The maximum absolute atomic E-state index is 13.7. The SMILES string of the molecule is CN(C)/C=N/S(=O)(=O)c1cc(NC(=O)Cc2cc(CN(C)/C=N/S(=O)(=O)c3cc(NC(=O)Cc4ccccc4Cl)cc4c(Cl)nccc34)ccc2Cl)cc2c(O)nccc12. The Bertz CT molecular complexity index is 2950. The first-order valence-corrected chi connectivity index (χ1v) is 21.7. The smallest absolute Gasteiger partial charge is 0.284 e. The van der Waals surface area contributed by atoms with Crippen molar-refractivity contribution < 1.29 is 31.5 Å². The number of aromatic hydroxyl groups is 1. The molecule has 0 unspecified atom stereocenters. The predicted octanol–water partition coefficient (Wildman–Crippen LogP) is 6.94. The molecule has 15 nitrogen and oxygen atoms in total. The molecule has 0 saturated heterocycles. The molecule has 2 heterocycles. The van der Waals surface area contributed by atoms with Gasteiger partial charge in [0.05, 0.1) is 22.6 Å². The van der Waals surface area contributed by atoms with Gasteiger partial charge in [-0.1, -0.05) is 65.1 Å². The van der Waals surface area contributed by atoms with Gasteiger partial charge in [-0.2, -0.15) is 16.8 Å². The number of pyridine rings is 2. The van der Waals surface area contributed by atoms with E-state index >= 15 is 0 Å². The molecule has 4 aromatic carbocycles. The van der Waals surface area contributed by atoms with Gasteiger partial charge >= 0.3 is 0 Å². The Morgan fingerprint density at radius 2 is 1.23 bits per heavy atom. The number of nitrogens with one attached hydrogen (secondary N) is 2. The van der Waals surface area contributed by atoms with Crippen molar-refractivity contribution in [3.05, 3.63) is 123 Å². The zero-order chi connectivity index (χ0) is 43.4. The average molecular weight is 910 g/mol. The third-order valence-corrected chi connectivity index (χ3v) is 12.3. The topological polar surface area (TPSA) is 204 Å². The molecule has 0 saturated carbocycles. The molecule has 0 aliphatic carbocycles. The second-order valence-electron chi connectivity index (χ2n) is 13.6. The van der Waals surface area contributed by atoms with Gasteiger partial charge in [0, 0.05) is 83.0 Å². The number of anilines is 2. The minimum absolute atomic E-state index is 0.0244. The summed E-state index contributed by atoms with van der Waals surface area (Å²) in [5.74, 6) is -1.43. The normalized spacial score (nSPS) is 12.0. The van der Waals surface area contributed by atoms with E-state index in [2.05, 4.69) is 29.4 Å². The van der Waals surface area contributed by atoms with Gasteiger partial charge in [0.25, 0.3) is 20.0 Å². The first kappa shape index (κ1) is 43.7.